The molecule has 85 heavy (non-hydrogen) atoms. The van der Waals surface area contributed by atoms with E-state index in [2.05, 4.69) is 26.0 Å². The zero-order valence-electron chi connectivity index (χ0n) is 45.3. The Morgan fingerprint density at radius 1 is 0.553 bits per heavy atom. The van der Waals surface area contributed by atoms with Gasteiger partial charge in [0.25, 0.3) is 0 Å². The molecule has 1 heterocycles. The first-order valence-electron chi connectivity index (χ1n) is 23.5. The monoisotopic (exact) mass is 1290 g/mol. The fourth-order valence-electron chi connectivity index (χ4n) is 6.79. The molecule has 0 radical (unpaired) electrons. The van der Waals surface area contributed by atoms with Crippen LogP contribution in [-0.4, -0.2) is 72.1 Å². The third kappa shape index (κ3) is 30.7. The molecule has 0 bridgehead atoms. The standard InChI is InChI=1S/C20H13O4P.C14H15O4P.C10H8O3S.C7H8.C3H9N.CH4.2CH3.H2O4S.2O3S/c21-25(22)23-17-11-9-13-5-1-3-7-15(13)19(17)20-16-8-4-2-6-14(16)10-12-18(20)24-25;15-19(16,17-11-13-7-3-1-4-8-13)18-12-14-9-5-2-6-10-14;11-14(12,13)10-6-5-8-3-1-2-4-9(8)7-10;1-7-5-3-2-4-6-7;1-2-3-4;;;;1-5(2,3)4;2*1-4(2)3/h1-12H,(H,21,22);1-10H,11-12H2,(H,15,16);1-7H,(H,11,12,13);2-6H,1H3;2-4H2,1H3;1H4;2*1H3;(H2,1,2,3,4);;/q;;;;;;2*+1;;;/p-2. The summed E-state index contributed by atoms with van der Waals surface area (Å²) in [4.78, 5) is 19.5. The zero-order valence-corrected chi connectivity index (χ0v) is 50.3. The molecule has 1 aliphatic heterocycles. The van der Waals surface area contributed by atoms with Crippen molar-refractivity contribution in [3.8, 4) is 22.6 Å². The van der Waals surface area contributed by atoms with Crippen LogP contribution in [0.4, 0.5) is 0 Å². The first kappa shape index (κ1) is 77.4. The third-order valence-corrected chi connectivity index (χ3v) is 12.8. The van der Waals surface area contributed by atoms with Crippen molar-refractivity contribution in [1.82, 2.24) is 0 Å². The largest absolute Gasteiger partial charge is 0.744 e. The SMILES string of the molecule is C.CCCN.Cc1ccccc1.O=P(O)(OCc1ccccc1)OCc1ccccc1.O=P1(O)Oc2ccc3ccccc3c2-c2c(ccc3ccccc23)O1.O=S(=O)([O-])O.O=S(=O)([O-])c1ccc2ccccc2c1.O=S(=O)=O.O=S(=O)=O.[CH3+].[CH3+]. The summed E-state index contributed by atoms with van der Waals surface area (Å²) in [6.45, 7) is 5.05. The van der Waals surface area contributed by atoms with Crippen LogP contribution in [-0.2, 0) is 73.1 Å². The Hall–Kier alpha value is -7.62. The predicted octanol–water partition coefficient (Wildman–Crippen LogP) is 11.7. The average Bonchev–Trinajstić information content (AvgIpc) is 2.46. The smallest absolute Gasteiger partial charge is 0.584 e. The topological polar surface area (TPSA) is 375 Å². The maximum atomic E-state index is 12.4. The molecular formula is C57H63NO21P2S4. The highest BCUT2D eigenvalue weighted by Crippen LogP contribution is 2.56. The summed E-state index contributed by atoms with van der Waals surface area (Å²) in [5, 5.41) is 5.62. The van der Waals surface area contributed by atoms with Gasteiger partial charge in [0, 0.05) is 26.0 Å². The van der Waals surface area contributed by atoms with E-state index >= 15 is 0 Å². The van der Waals surface area contributed by atoms with Crippen LogP contribution in [0, 0.1) is 21.8 Å². The number of rotatable bonds is 8. The molecule has 1 aliphatic rings. The van der Waals surface area contributed by atoms with Gasteiger partial charge in [0.2, 0.25) is 10.4 Å². The number of nitrogens with two attached hydrogens (primary N) is 1. The summed E-state index contributed by atoms with van der Waals surface area (Å²) >= 11 is 0. The van der Waals surface area contributed by atoms with Gasteiger partial charge in [0.05, 0.1) is 18.1 Å². The maximum absolute atomic E-state index is 12.4. The quantitative estimate of drug-likeness (QED) is 0.0475. The van der Waals surface area contributed by atoms with Crippen molar-refractivity contribution in [2.45, 2.75) is 45.8 Å². The van der Waals surface area contributed by atoms with E-state index in [1.54, 1.807) is 30.3 Å². The third-order valence-electron chi connectivity index (χ3n) is 10.2. The fraction of sp³-hybridized carbons (Fsp3) is 0.123. The van der Waals surface area contributed by atoms with Crippen molar-refractivity contribution in [3.63, 3.8) is 0 Å². The maximum Gasteiger partial charge on any atom is 0.584 e. The minimum atomic E-state index is -4.92. The van der Waals surface area contributed by atoms with Crippen LogP contribution in [0.3, 0.4) is 0 Å². The molecule has 9 aromatic rings. The Morgan fingerprint density at radius 2 is 0.859 bits per heavy atom. The minimum absolute atomic E-state index is 0. The molecule has 0 atom stereocenters. The molecule has 22 nitrogen and oxygen atoms in total. The van der Waals surface area contributed by atoms with E-state index in [-0.39, 0.29) is 40.4 Å². The highest BCUT2D eigenvalue weighted by Gasteiger charge is 2.33. The first-order valence-corrected chi connectivity index (χ1v) is 31.2. The van der Waals surface area contributed by atoms with Gasteiger partial charge in [0.15, 0.2) is 0 Å². The highest BCUT2D eigenvalue weighted by molar-refractivity contribution is 7.85. The van der Waals surface area contributed by atoms with Gasteiger partial charge >= 0.3 is 36.9 Å². The number of hydrogen-bond donors (Lipinski definition) is 4. The van der Waals surface area contributed by atoms with E-state index in [4.69, 9.17) is 66.6 Å². The summed E-state index contributed by atoms with van der Waals surface area (Å²) < 4.78 is 160. The summed E-state index contributed by atoms with van der Waals surface area (Å²) in [6, 6.07) is 63.2. The normalized spacial score (nSPS) is 11.2. The molecule has 0 aromatic heterocycles. The van der Waals surface area contributed by atoms with Crippen LogP contribution in [0.15, 0.2) is 211 Å². The highest BCUT2D eigenvalue weighted by atomic mass is 32.3. The lowest BCUT2D eigenvalue weighted by atomic mass is 9.92. The van der Waals surface area contributed by atoms with Gasteiger partial charge in [-0.15, -0.1) is 25.3 Å². The van der Waals surface area contributed by atoms with Gasteiger partial charge in [-0.2, -0.15) is 0 Å². The molecule has 10 rings (SSSR count). The van der Waals surface area contributed by atoms with E-state index in [1.807, 2.05) is 152 Å². The molecule has 456 valence electrons. The molecule has 0 spiro atoms. The van der Waals surface area contributed by atoms with Gasteiger partial charge in [-0.05, 0) is 87.6 Å². The Kier molecular flexibility index (Phi) is 34.9. The summed E-state index contributed by atoms with van der Waals surface area (Å²) in [5.74, 6) is 0.694. The molecule has 5 N–H and O–H groups in total. The molecule has 9 aromatic carbocycles. The van der Waals surface area contributed by atoms with Gasteiger partial charge < -0.3 is 28.8 Å². The lowest BCUT2D eigenvalue weighted by molar-refractivity contribution is 0.137. The second kappa shape index (κ2) is 38.4. The number of aryl methyl sites for hydroxylation is 1. The summed E-state index contributed by atoms with van der Waals surface area (Å²) in [6.07, 6.45) is 1.10. The van der Waals surface area contributed by atoms with Gasteiger partial charge in [-0.3, -0.25) is 18.5 Å². The molecule has 0 amide bonds. The van der Waals surface area contributed by atoms with Crippen molar-refractivity contribution in [1.29, 1.82) is 0 Å². The molecule has 0 unspecified atom stereocenters. The second-order valence-corrected chi connectivity index (χ2v) is 22.0. The number of phosphoric ester groups is 2. The van der Waals surface area contributed by atoms with Crippen LogP contribution < -0.4 is 14.8 Å². The molecule has 0 aliphatic carbocycles. The molecule has 0 saturated heterocycles. The molecule has 0 fully saturated rings. The van der Waals surface area contributed by atoms with E-state index in [0.29, 0.717) is 11.5 Å². The Labute approximate surface area is 498 Å². The number of hydrogen-bond acceptors (Lipinski definition) is 19. The van der Waals surface area contributed by atoms with Crippen molar-refractivity contribution in [3.05, 3.63) is 238 Å². The Bertz CT molecular complexity index is 3870. The summed E-state index contributed by atoms with van der Waals surface area (Å²) in [5.41, 5.74) is 9.54. The van der Waals surface area contributed by atoms with Crippen molar-refractivity contribution in [2.75, 3.05) is 6.54 Å². The van der Waals surface area contributed by atoms with Gasteiger partial charge in [-0.25, -0.2) is 26.0 Å². The van der Waals surface area contributed by atoms with E-state index in [0.717, 1.165) is 67.5 Å². The minimum Gasteiger partial charge on any atom is -0.744 e. The average molecular weight is 1290 g/mol. The molecule has 28 heteroatoms. The van der Waals surface area contributed by atoms with Crippen LogP contribution in [0.2, 0.25) is 0 Å². The second-order valence-electron chi connectivity index (χ2n) is 16.2. The Morgan fingerprint density at radius 3 is 1.19 bits per heavy atom. The van der Waals surface area contributed by atoms with E-state index in [1.165, 1.54) is 17.7 Å². The molecule has 0 saturated carbocycles. The lowest BCUT2D eigenvalue weighted by Crippen LogP contribution is -1.97. The first-order chi connectivity index (χ1) is 38.6. The van der Waals surface area contributed by atoms with Crippen molar-refractivity contribution >= 4 is 89.7 Å². The van der Waals surface area contributed by atoms with Crippen LogP contribution in [0.25, 0.3) is 43.4 Å². The predicted molar refractivity (Wildman–Crippen MR) is 324 cm³/mol. The van der Waals surface area contributed by atoms with Crippen molar-refractivity contribution < 1.29 is 92.8 Å². The lowest BCUT2D eigenvalue weighted by Gasteiger charge is -2.13. The van der Waals surface area contributed by atoms with Crippen LogP contribution in [0.5, 0.6) is 11.5 Å². The van der Waals surface area contributed by atoms with Crippen LogP contribution in [0.1, 0.15) is 37.5 Å². The number of phosphoric acid groups is 2. The number of benzene rings is 9. The molecular weight excluding hydrogens is 1220 g/mol. The van der Waals surface area contributed by atoms with Gasteiger partial charge in [0.1, 0.15) is 21.6 Å². The van der Waals surface area contributed by atoms with Crippen LogP contribution >= 0.6 is 15.6 Å². The van der Waals surface area contributed by atoms with Crippen molar-refractivity contribution in [2.24, 2.45) is 5.73 Å². The zero-order chi connectivity index (χ0) is 60.9. The Balaban J connectivity index is 0.00000105. The van der Waals surface area contributed by atoms with E-state index < -0.39 is 57.4 Å². The number of fused-ring (bicyclic) bond motifs is 8. The fourth-order valence-corrected chi connectivity index (χ4v) is 8.84. The summed E-state index contributed by atoms with van der Waals surface area (Å²) in [7, 11) is -23.8. The van der Waals surface area contributed by atoms with Gasteiger partial charge in [-0.1, -0.05) is 202 Å². The van der Waals surface area contributed by atoms with E-state index in [9.17, 15) is 31.9 Å².